The molecule has 1 aromatic carbocycles. The monoisotopic (exact) mass is 302 g/mol. The molecule has 1 saturated heterocycles. The third-order valence-electron chi connectivity index (χ3n) is 4.06. The Morgan fingerprint density at radius 2 is 2.14 bits per heavy atom. The first-order chi connectivity index (χ1) is 10.5. The molecule has 5 nitrogen and oxygen atoms in total. The molecular weight excluding hydrogens is 280 g/mol. The van der Waals surface area contributed by atoms with E-state index in [4.69, 9.17) is 15.1 Å². The smallest absolute Gasteiger partial charge is 0.223 e. The molecule has 1 amide bonds. The van der Waals surface area contributed by atoms with E-state index in [0.717, 1.165) is 37.8 Å². The van der Waals surface area contributed by atoms with Crippen molar-refractivity contribution in [3.05, 3.63) is 29.3 Å². The first-order valence-corrected chi connectivity index (χ1v) is 7.47. The molecule has 3 rings (SSSR count). The van der Waals surface area contributed by atoms with Gasteiger partial charge in [-0.2, -0.15) is 5.26 Å². The molecule has 0 spiro atoms. The summed E-state index contributed by atoms with van der Waals surface area (Å²) in [5.41, 5.74) is 1.29. The van der Waals surface area contributed by atoms with Crippen LogP contribution in [0.2, 0.25) is 0 Å². The van der Waals surface area contributed by atoms with Gasteiger partial charge >= 0.3 is 0 Å². The Morgan fingerprint density at radius 1 is 1.41 bits per heavy atom. The van der Waals surface area contributed by atoms with E-state index in [-0.39, 0.29) is 17.6 Å². The SMILES string of the molecule is CC1(C)CC(N2CCCC2=O)c2cc(C#N)ccc2O1.CO. The summed E-state index contributed by atoms with van der Waals surface area (Å²) in [6.45, 7) is 4.89. The second-order valence-electron chi connectivity index (χ2n) is 6.14. The minimum absolute atomic E-state index is 0.0250. The van der Waals surface area contributed by atoms with Crippen LogP contribution in [0.15, 0.2) is 18.2 Å². The van der Waals surface area contributed by atoms with E-state index in [2.05, 4.69) is 6.07 Å². The van der Waals surface area contributed by atoms with Crippen molar-refractivity contribution in [3.8, 4) is 11.8 Å². The number of aliphatic hydroxyl groups excluding tert-OH is 1. The van der Waals surface area contributed by atoms with E-state index in [9.17, 15) is 4.79 Å². The Bertz CT molecular complexity index is 604. The fourth-order valence-corrected chi connectivity index (χ4v) is 3.16. The molecular formula is C17H22N2O3. The first-order valence-electron chi connectivity index (χ1n) is 7.47. The van der Waals surface area contributed by atoms with Crippen molar-refractivity contribution < 1.29 is 14.6 Å². The van der Waals surface area contributed by atoms with Crippen LogP contribution < -0.4 is 4.74 Å². The van der Waals surface area contributed by atoms with Crippen molar-refractivity contribution in [2.24, 2.45) is 0 Å². The van der Waals surface area contributed by atoms with Crippen molar-refractivity contribution in [2.75, 3.05) is 13.7 Å². The highest BCUT2D eigenvalue weighted by Gasteiger charge is 2.39. The summed E-state index contributed by atoms with van der Waals surface area (Å²) >= 11 is 0. The zero-order valence-electron chi connectivity index (χ0n) is 13.3. The molecule has 0 radical (unpaired) electrons. The lowest BCUT2D eigenvalue weighted by Gasteiger charge is -2.41. The van der Waals surface area contributed by atoms with Gasteiger partial charge in [-0.15, -0.1) is 0 Å². The number of nitriles is 1. The maximum absolute atomic E-state index is 12.1. The molecule has 1 unspecified atom stereocenters. The zero-order chi connectivity index (χ0) is 16.3. The Labute approximate surface area is 131 Å². The van der Waals surface area contributed by atoms with E-state index < -0.39 is 0 Å². The standard InChI is InChI=1S/C16H18N2O2.CH4O/c1-16(2)9-13(18-7-3-4-15(18)19)12-8-11(10-17)5-6-14(12)20-16;1-2/h5-6,8,13H,3-4,7,9H2,1-2H3;2H,1H3. The largest absolute Gasteiger partial charge is 0.487 e. The molecule has 0 aliphatic carbocycles. The third-order valence-corrected chi connectivity index (χ3v) is 4.06. The van der Waals surface area contributed by atoms with Gasteiger partial charge in [0.1, 0.15) is 11.4 Å². The topological polar surface area (TPSA) is 73.6 Å². The summed E-state index contributed by atoms with van der Waals surface area (Å²) in [5, 5.41) is 16.1. The second kappa shape index (κ2) is 6.37. The van der Waals surface area contributed by atoms with Gasteiger partial charge in [0.25, 0.3) is 0 Å². The Kier molecular flexibility index (Phi) is 4.72. The lowest BCUT2D eigenvalue weighted by molar-refractivity contribution is -0.131. The summed E-state index contributed by atoms with van der Waals surface area (Å²) in [7, 11) is 1.00. The molecule has 1 fully saturated rings. The zero-order valence-corrected chi connectivity index (χ0v) is 13.3. The maximum atomic E-state index is 12.1. The molecule has 0 saturated carbocycles. The van der Waals surface area contributed by atoms with E-state index in [0.29, 0.717) is 12.0 Å². The molecule has 0 bridgehead atoms. The van der Waals surface area contributed by atoms with Crippen LogP contribution in [0.25, 0.3) is 0 Å². The van der Waals surface area contributed by atoms with Crippen molar-refractivity contribution in [3.63, 3.8) is 0 Å². The van der Waals surface area contributed by atoms with Gasteiger partial charge in [0.15, 0.2) is 0 Å². The van der Waals surface area contributed by atoms with Gasteiger partial charge in [0.2, 0.25) is 5.91 Å². The summed E-state index contributed by atoms with van der Waals surface area (Å²) in [6.07, 6.45) is 2.32. The average molecular weight is 302 g/mol. The molecule has 22 heavy (non-hydrogen) atoms. The van der Waals surface area contributed by atoms with Crippen LogP contribution in [0.1, 0.15) is 50.3 Å². The van der Waals surface area contributed by atoms with Crippen LogP contribution in [-0.4, -0.2) is 35.2 Å². The van der Waals surface area contributed by atoms with Crippen LogP contribution in [0.5, 0.6) is 5.75 Å². The minimum atomic E-state index is -0.297. The van der Waals surface area contributed by atoms with Crippen LogP contribution in [-0.2, 0) is 4.79 Å². The Morgan fingerprint density at radius 3 is 2.73 bits per heavy atom. The van der Waals surface area contributed by atoms with E-state index in [1.165, 1.54) is 0 Å². The number of carbonyl (C=O) groups excluding carboxylic acids is 1. The highest BCUT2D eigenvalue weighted by Crippen LogP contribution is 2.44. The number of fused-ring (bicyclic) bond motifs is 1. The predicted molar refractivity (Wildman–Crippen MR) is 82.3 cm³/mol. The molecule has 2 aliphatic rings. The fraction of sp³-hybridized carbons (Fsp3) is 0.529. The highest BCUT2D eigenvalue weighted by molar-refractivity contribution is 5.78. The maximum Gasteiger partial charge on any atom is 0.223 e. The molecule has 1 aromatic rings. The van der Waals surface area contributed by atoms with Crippen LogP contribution >= 0.6 is 0 Å². The van der Waals surface area contributed by atoms with E-state index in [1.54, 1.807) is 6.07 Å². The van der Waals surface area contributed by atoms with Gasteiger partial charge in [-0.25, -0.2) is 0 Å². The molecule has 1 N–H and O–H groups in total. The Hall–Kier alpha value is -2.06. The van der Waals surface area contributed by atoms with Crippen LogP contribution in [0.3, 0.4) is 0 Å². The van der Waals surface area contributed by atoms with Crippen LogP contribution in [0.4, 0.5) is 0 Å². The Balaban J connectivity index is 0.000000847. The van der Waals surface area contributed by atoms with Gasteiger partial charge in [-0.1, -0.05) is 0 Å². The minimum Gasteiger partial charge on any atom is -0.487 e. The quantitative estimate of drug-likeness (QED) is 0.864. The number of aliphatic hydroxyl groups is 1. The lowest BCUT2D eigenvalue weighted by Crippen LogP contribution is -2.42. The highest BCUT2D eigenvalue weighted by atomic mass is 16.5. The normalized spacial score (nSPS) is 22.0. The number of carbonyl (C=O) groups is 1. The van der Waals surface area contributed by atoms with Gasteiger partial charge < -0.3 is 14.7 Å². The molecule has 0 aromatic heterocycles. The first kappa shape index (κ1) is 16.3. The van der Waals surface area contributed by atoms with Gasteiger partial charge in [-0.05, 0) is 38.5 Å². The summed E-state index contributed by atoms with van der Waals surface area (Å²) in [6, 6.07) is 7.66. The van der Waals surface area contributed by atoms with E-state index >= 15 is 0 Å². The fourth-order valence-electron chi connectivity index (χ4n) is 3.16. The average Bonchev–Trinajstić information content (AvgIpc) is 2.93. The van der Waals surface area contributed by atoms with Crippen molar-refractivity contribution in [1.82, 2.24) is 4.90 Å². The molecule has 1 atom stereocenters. The number of amides is 1. The number of hydrogen-bond donors (Lipinski definition) is 1. The molecule has 2 heterocycles. The second-order valence-corrected chi connectivity index (χ2v) is 6.14. The van der Waals surface area contributed by atoms with Gasteiger partial charge in [-0.3, -0.25) is 4.79 Å². The molecule has 2 aliphatic heterocycles. The summed E-state index contributed by atoms with van der Waals surface area (Å²) in [5.74, 6) is 1.01. The lowest BCUT2D eigenvalue weighted by atomic mass is 9.88. The van der Waals surface area contributed by atoms with Crippen molar-refractivity contribution in [1.29, 1.82) is 5.26 Å². The number of hydrogen-bond acceptors (Lipinski definition) is 4. The number of likely N-dealkylation sites (tertiary alicyclic amines) is 1. The van der Waals surface area contributed by atoms with Gasteiger partial charge in [0, 0.05) is 32.1 Å². The van der Waals surface area contributed by atoms with Crippen LogP contribution in [0, 0.1) is 11.3 Å². The number of nitrogens with zero attached hydrogens (tertiary/aromatic N) is 2. The molecule has 118 valence electrons. The summed E-state index contributed by atoms with van der Waals surface area (Å²) in [4.78, 5) is 14.0. The number of benzene rings is 1. The summed E-state index contributed by atoms with van der Waals surface area (Å²) < 4.78 is 6.00. The number of ether oxygens (including phenoxy) is 1. The van der Waals surface area contributed by atoms with Crippen molar-refractivity contribution >= 4 is 5.91 Å². The number of rotatable bonds is 1. The van der Waals surface area contributed by atoms with E-state index in [1.807, 2.05) is 30.9 Å². The van der Waals surface area contributed by atoms with Gasteiger partial charge in [0.05, 0.1) is 17.7 Å². The van der Waals surface area contributed by atoms with Crippen molar-refractivity contribution in [2.45, 2.75) is 44.8 Å². The molecule has 5 heteroatoms. The predicted octanol–water partition coefficient (Wildman–Crippen LogP) is 2.39. The third kappa shape index (κ3) is 3.07.